The van der Waals surface area contributed by atoms with Gasteiger partial charge in [-0.15, -0.1) is 11.3 Å². The monoisotopic (exact) mass is 332 g/mol. The summed E-state index contributed by atoms with van der Waals surface area (Å²) in [5, 5.41) is 3.75. The van der Waals surface area contributed by atoms with Crippen molar-refractivity contribution in [2.75, 3.05) is 45.1 Å². The molecule has 0 aliphatic carbocycles. The van der Waals surface area contributed by atoms with E-state index in [2.05, 4.69) is 15.2 Å². The van der Waals surface area contributed by atoms with Crippen LogP contribution in [0.3, 0.4) is 0 Å². The van der Waals surface area contributed by atoms with Gasteiger partial charge in [-0.05, 0) is 12.1 Å². The molecule has 1 amide bonds. The summed E-state index contributed by atoms with van der Waals surface area (Å²) in [5.41, 5.74) is 7.40. The highest BCUT2D eigenvalue weighted by molar-refractivity contribution is 7.16. The summed E-state index contributed by atoms with van der Waals surface area (Å²) in [6.07, 6.45) is 1.62. The number of nitrogens with two attached hydrogens (primary N) is 1. The number of nitrogen functional groups attached to an aromatic ring is 1. The Balaban J connectivity index is 1.54. The predicted molar refractivity (Wildman–Crippen MR) is 91.6 cm³/mol. The Hall–Kier alpha value is -1.96. The number of ether oxygens (including phenoxy) is 1. The van der Waals surface area contributed by atoms with Crippen LogP contribution in [0.25, 0.3) is 10.6 Å². The second kappa shape index (κ2) is 7.54. The van der Waals surface area contributed by atoms with Gasteiger partial charge in [-0.3, -0.25) is 9.69 Å². The summed E-state index contributed by atoms with van der Waals surface area (Å²) < 4.78 is 5.31. The third-order valence-corrected chi connectivity index (χ3v) is 4.73. The van der Waals surface area contributed by atoms with E-state index in [1.807, 2.05) is 24.3 Å². The molecule has 0 atom stereocenters. The lowest BCUT2D eigenvalue weighted by molar-refractivity contribution is 0.0383. The Bertz CT molecular complexity index is 668. The number of hydrogen-bond acceptors (Lipinski definition) is 6. The molecule has 2 heterocycles. The average molecular weight is 332 g/mol. The van der Waals surface area contributed by atoms with Crippen molar-refractivity contribution in [3.8, 4) is 10.6 Å². The van der Waals surface area contributed by atoms with Gasteiger partial charge < -0.3 is 15.8 Å². The van der Waals surface area contributed by atoms with Crippen molar-refractivity contribution in [2.24, 2.45) is 0 Å². The fraction of sp³-hybridized carbons (Fsp3) is 0.375. The van der Waals surface area contributed by atoms with Crippen molar-refractivity contribution in [1.29, 1.82) is 0 Å². The van der Waals surface area contributed by atoms with Gasteiger partial charge in [-0.1, -0.05) is 12.1 Å². The van der Waals surface area contributed by atoms with Crippen LogP contribution in [0.4, 0.5) is 5.69 Å². The Kier molecular flexibility index (Phi) is 5.22. The molecule has 6 nitrogen and oxygen atoms in total. The fourth-order valence-electron chi connectivity index (χ4n) is 2.42. The average Bonchev–Trinajstić information content (AvgIpc) is 3.06. The van der Waals surface area contributed by atoms with Gasteiger partial charge >= 0.3 is 0 Å². The van der Waals surface area contributed by atoms with Gasteiger partial charge in [0.2, 0.25) is 0 Å². The van der Waals surface area contributed by atoms with E-state index < -0.39 is 0 Å². The van der Waals surface area contributed by atoms with Gasteiger partial charge in [0.15, 0.2) is 0 Å². The molecule has 122 valence electrons. The summed E-state index contributed by atoms with van der Waals surface area (Å²) in [6.45, 7) is 4.87. The van der Waals surface area contributed by atoms with Crippen molar-refractivity contribution in [3.63, 3.8) is 0 Å². The lowest BCUT2D eigenvalue weighted by Crippen LogP contribution is -2.41. The lowest BCUT2D eigenvalue weighted by Gasteiger charge is -2.26. The first-order valence-corrected chi connectivity index (χ1v) is 8.44. The predicted octanol–water partition coefficient (Wildman–Crippen LogP) is 1.45. The Labute approximate surface area is 139 Å². The van der Waals surface area contributed by atoms with Gasteiger partial charge in [0.1, 0.15) is 9.88 Å². The number of amides is 1. The van der Waals surface area contributed by atoms with Crippen molar-refractivity contribution in [1.82, 2.24) is 15.2 Å². The molecular formula is C16H20N4O2S. The molecule has 7 heteroatoms. The van der Waals surface area contributed by atoms with Crippen LogP contribution in [0.1, 0.15) is 9.67 Å². The van der Waals surface area contributed by atoms with E-state index in [-0.39, 0.29) is 5.91 Å². The summed E-state index contributed by atoms with van der Waals surface area (Å²) in [4.78, 5) is 19.4. The van der Waals surface area contributed by atoms with Gasteiger partial charge in [0.25, 0.3) is 5.91 Å². The first-order valence-electron chi connectivity index (χ1n) is 7.62. The molecule has 1 aliphatic rings. The SMILES string of the molecule is Nc1cccc(-c2ncc(C(=O)NCCN3CCOCC3)s2)c1. The standard InChI is InChI=1S/C16H20N4O2S/c17-13-3-1-2-12(10-13)16-19-11-14(23-16)15(21)18-4-5-20-6-8-22-9-7-20/h1-3,10-11H,4-9,17H2,(H,18,21). The van der Waals surface area contributed by atoms with Crippen LogP contribution in [0.15, 0.2) is 30.5 Å². The molecule has 1 aliphatic heterocycles. The normalized spacial score (nSPS) is 15.5. The Morgan fingerprint density at radius 1 is 1.39 bits per heavy atom. The maximum atomic E-state index is 12.2. The number of aromatic nitrogens is 1. The minimum absolute atomic E-state index is 0.0779. The number of benzene rings is 1. The molecule has 0 saturated carbocycles. The van der Waals surface area contributed by atoms with Gasteiger partial charge in [-0.2, -0.15) is 0 Å². The van der Waals surface area contributed by atoms with Crippen LogP contribution in [0.2, 0.25) is 0 Å². The summed E-state index contributed by atoms with van der Waals surface area (Å²) in [6, 6.07) is 7.51. The maximum Gasteiger partial charge on any atom is 0.263 e. The third kappa shape index (κ3) is 4.28. The van der Waals surface area contributed by atoms with Gasteiger partial charge in [0.05, 0.1) is 19.4 Å². The number of hydrogen-bond donors (Lipinski definition) is 2. The Morgan fingerprint density at radius 2 is 2.22 bits per heavy atom. The number of nitrogens with one attached hydrogen (secondary N) is 1. The van der Waals surface area contributed by atoms with E-state index in [4.69, 9.17) is 10.5 Å². The highest BCUT2D eigenvalue weighted by Gasteiger charge is 2.13. The van der Waals surface area contributed by atoms with Crippen LogP contribution in [0, 0.1) is 0 Å². The zero-order valence-corrected chi connectivity index (χ0v) is 13.6. The summed E-state index contributed by atoms with van der Waals surface area (Å²) >= 11 is 1.38. The van der Waals surface area contributed by atoms with Crippen LogP contribution in [0.5, 0.6) is 0 Å². The quantitative estimate of drug-likeness (QED) is 0.810. The van der Waals surface area contributed by atoms with Crippen LogP contribution >= 0.6 is 11.3 Å². The molecule has 1 saturated heterocycles. The lowest BCUT2D eigenvalue weighted by atomic mass is 10.2. The molecule has 3 rings (SSSR count). The second-order valence-electron chi connectivity index (χ2n) is 5.37. The highest BCUT2D eigenvalue weighted by Crippen LogP contribution is 2.26. The van der Waals surface area contributed by atoms with Crippen molar-refractivity contribution >= 4 is 22.9 Å². The first kappa shape index (κ1) is 15.9. The van der Waals surface area contributed by atoms with Crippen LogP contribution in [-0.2, 0) is 4.74 Å². The van der Waals surface area contributed by atoms with E-state index in [0.29, 0.717) is 17.1 Å². The molecule has 2 aromatic rings. The molecule has 1 aromatic carbocycles. The van der Waals surface area contributed by atoms with Crippen LogP contribution in [-0.4, -0.2) is 55.2 Å². The molecule has 1 aromatic heterocycles. The van der Waals surface area contributed by atoms with E-state index >= 15 is 0 Å². The van der Waals surface area contributed by atoms with Crippen molar-refractivity contribution in [2.45, 2.75) is 0 Å². The molecule has 0 spiro atoms. The fourth-order valence-corrected chi connectivity index (χ4v) is 3.25. The number of nitrogens with zero attached hydrogens (tertiary/aromatic N) is 2. The van der Waals surface area contributed by atoms with E-state index in [1.165, 1.54) is 11.3 Å². The maximum absolute atomic E-state index is 12.2. The summed E-state index contributed by atoms with van der Waals surface area (Å²) in [7, 11) is 0. The van der Waals surface area contributed by atoms with E-state index in [1.54, 1.807) is 6.20 Å². The largest absolute Gasteiger partial charge is 0.399 e. The third-order valence-electron chi connectivity index (χ3n) is 3.68. The van der Waals surface area contributed by atoms with E-state index in [9.17, 15) is 4.79 Å². The molecular weight excluding hydrogens is 312 g/mol. The molecule has 23 heavy (non-hydrogen) atoms. The molecule has 0 radical (unpaired) electrons. The summed E-state index contributed by atoms with van der Waals surface area (Å²) in [5.74, 6) is -0.0779. The number of carbonyl (C=O) groups is 1. The van der Waals surface area contributed by atoms with Crippen LogP contribution < -0.4 is 11.1 Å². The number of anilines is 1. The highest BCUT2D eigenvalue weighted by atomic mass is 32.1. The zero-order chi connectivity index (χ0) is 16.1. The minimum atomic E-state index is -0.0779. The van der Waals surface area contributed by atoms with E-state index in [0.717, 1.165) is 43.4 Å². The number of thiazole rings is 1. The number of morpholine rings is 1. The van der Waals surface area contributed by atoms with Crippen molar-refractivity contribution < 1.29 is 9.53 Å². The topological polar surface area (TPSA) is 80.5 Å². The smallest absolute Gasteiger partial charge is 0.263 e. The van der Waals surface area contributed by atoms with Crippen molar-refractivity contribution in [3.05, 3.63) is 35.3 Å². The molecule has 0 bridgehead atoms. The number of carbonyl (C=O) groups excluding carboxylic acids is 1. The molecule has 1 fully saturated rings. The van der Waals surface area contributed by atoms with Gasteiger partial charge in [0, 0.05) is 37.4 Å². The molecule has 3 N–H and O–H groups in total. The Morgan fingerprint density at radius 3 is 3.00 bits per heavy atom. The minimum Gasteiger partial charge on any atom is -0.399 e. The van der Waals surface area contributed by atoms with Gasteiger partial charge in [-0.25, -0.2) is 4.98 Å². The number of rotatable bonds is 5. The zero-order valence-electron chi connectivity index (χ0n) is 12.8. The molecule has 0 unspecified atom stereocenters. The first-order chi connectivity index (χ1) is 11.2. The second-order valence-corrected chi connectivity index (χ2v) is 6.40.